The molecule has 2 aromatic carbocycles. The Hall–Kier alpha value is -2.13. The lowest BCUT2D eigenvalue weighted by Crippen LogP contribution is -2.56. The maximum absolute atomic E-state index is 12.9. The van der Waals surface area contributed by atoms with Gasteiger partial charge in [-0.15, -0.1) is 0 Å². The third-order valence-electron chi connectivity index (χ3n) is 5.61. The SMILES string of the molecule is O=C1[C@@H]2CC[C@H](CN1CCCc1ccccc1)N2Cc1ccccc1. The topological polar surface area (TPSA) is 23.6 Å². The van der Waals surface area contributed by atoms with Crippen molar-refractivity contribution in [2.75, 3.05) is 13.1 Å². The molecule has 4 rings (SSSR count). The fourth-order valence-electron chi connectivity index (χ4n) is 4.31. The number of aryl methyl sites for hydroxylation is 1. The summed E-state index contributed by atoms with van der Waals surface area (Å²) in [7, 11) is 0. The van der Waals surface area contributed by atoms with E-state index >= 15 is 0 Å². The number of rotatable bonds is 6. The van der Waals surface area contributed by atoms with Gasteiger partial charge in [0.25, 0.3) is 0 Å². The molecule has 2 aliphatic heterocycles. The van der Waals surface area contributed by atoms with Crippen molar-refractivity contribution in [2.45, 2.75) is 44.3 Å². The highest BCUT2D eigenvalue weighted by atomic mass is 16.2. The van der Waals surface area contributed by atoms with Crippen LogP contribution in [0, 0.1) is 0 Å². The Kier molecular flexibility index (Phi) is 4.84. The van der Waals surface area contributed by atoms with Crippen molar-refractivity contribution < 1.29 is 4.79 Å². The van der Waals surface area contributed by atoms with Gasteiger partial charge in [-0.25, -0.2) is 0 Å². The van der Waals surface area contributed by atoms with Crippen LogP contribution in [0.3, 0.4) is 0 Å². The lowest BCUT2D eigenvalue weighted by molar-refractivity contribution is -0.141. The molecule has 0 spiro atoms. The Bertz CT molecular complexity index is 700. The van der Waals surface area contributed by atoms with Crippen LogP contribution in [0.15, 0.2) is 60.7 Å². The van der Waals surface area contributed by atoms with Crippen molar-refractivity contribution in [3.63, 3.8) is 0 Å². The minimum atomic E-state index is 0.0932. The van der Waals surface area contributed by atoms with Crippen molar-refractivity contribution in [3.8, 4) is 0 Å². The largest absolute Gasteiger partial charge is 0.340 e. The number of hydrogen-bond acceptors (Lipinski definition) is 2. The van der Waals surface area contributed by atoms with Crippen molar-refractivity contribution in [1.29, 1.82) is 0 Å². The minimum Gasteiger partial charge on any atom is -0.340 e. The van der Waals surface area contributed by atoms with Crippen molar-refractivity contribution in [3.05, 3.63) is 71.8 Å². The van der Waals surface area contributed by atoms with Gasteiger partial charge in [-0.3, -0.25) is 9.69 Å². The standard InChI is InChI=1S/C22H26N2O/c25-22-21-14-13-20(24(21)16-19-10-5-2-6-11-19)17-23(22)15-7-12-18-8-3-1-4-9-18/h1-6,8-11,20-21H,7,12-17H2/t20-,21+/m1/s1. The summed E-state index contributed by atoms with van der Waals surface area (Å²) in [5, 5.41) is 0. The van der Waals surface area contributed by atoms with Gasteiger partial charge in [-0.05, 0) is 36.8 Å². The van der Waals surface area contributed by atoms with E-state index in [2.05, 4.69) is 64.4 Å². The fourth-order valence-corrected chi connectivity index (χ4v) is 4.31. The fraction of sp³-hybridized carbons (Fsp3) is 0.409. The molecule has 2 bridgehead atoms. The molecular weight excluding hydrogens is 308 g/mol. The molecule has 3 heteroatoms. The van der Waals surface area contributed by atoms with E-state index in [0.717, 1.165) is 45.3 Å². The summed E-state index contributed by atoms with van der Waals surface area (Å²) in [4.78, 5) is 17.5. The molecule has 2 fully saturated rings. The lowest BCUT2D eigenvalue weighted by atomic mass is 10.1. The monoisotopic (exact) mass is 334 g/mol. The molecule has 3 nitrogen and oxygen atoms in total. The second-order valence-corrected chi connectivity index (χ2v) is 7.28. The zero-order chi connectivity index (χ0) is 17.1. The van der Waals surface area contributed by atoms with Gasteiger partial charge in [-0.1, -0.05) is 60.7 Å². The van der Waals surface area contributed by atoms with Crippen LogP contribution in [0.5, 0.6) is 0 Å². The molecule has 0 radical (unpaired) electrons. The maximum Gasteiger partial charge on any atom is 0.240 e. The van der Waals surface area contributed by atoms with Gasteiger partial charge in [0, 0.05) is 25.7 Å². The van der Waals surface area contributed by atoms with Gasteiger partial charge in [0.05, 0.1) is 6.04 Å². The smallest absolute Gasteiger partial charge is 0.240 e. The van der Waals surface area contributed by atoms with Crippen LogP contribution in [0.2, 0.25) is 0 Å². The lowest BCUT2D eigenvalue weighted by Gasteiger charge is -2.40. The second-order valence-electron chi connectivity index (χ2n) is 7.28. The van der Waals surface area contributed by atoms with Crippen LogP contribution in [0.25, 0.3) is 0 Å². The van der Waals surface area contributed by atoms with E-state index in [1.54, 1.807) is 0 Å². The molecule has 2 saturated heterocycles. The van der Waals surface area contributed by atoms with E-state index in [1.165, 1.54) is 11.1 Å². The zero-order valence-electron chi connectivity index (χ0n) is 14.7. The molecule has 2 aliphatic rings. The third-order valence-corrected chi connectivity index (χ3v) is 5.61. The Morgan fingerprint density at radius 3 is 2.28 bits per heavy atom. The number of fused-ring (bicyclic) bond motifs is 2. The molecule has 1 amide bonds. The van der Waals surface area contributed by atoms with Crippen LogP contribution < -0.4 is 0 Å². The Morgan fingerprint density at radius 2 is 1.56 bits per heavy atom. The first-order valence-corrected chi connectivity index (χ1v) is 9.43. The van der Waals surface area contributed by atoms with Crippen LogP contribution in [-0.2, 0) is 17.8 Å². The van der Waals surface area contributed by atoms with Crippen molar-refractivity contribution in [2.24, 2.45) is 0 Å². The quantitative estimate of drug-likeness (QED) is 0.807. The zero-order valence-corrected chi connectivity index (χ0v) is 14.7. The number of hydrogen-bond donors (Lipinski definition) is 0. The molecule has 0 saturated carbocycles. The first-order chi connectivity index (χ1) is 12.3. The number of carbonyl (C=O) groups excluding carboxylic acids is 1. The number of likely N-dealkylation sites (tertiary alicyclic amines) is 1. The molecular formula is C22H26N2O. The number of piperazine rings is 1. The van der Waals surface area contributed by atoms with Gasteiger partial charge in [0.15, 0.2) is 0 Å². The van der Waals surface area contributed by atoms with Crippen molar-refractivity contribution >= 4 is 5.91 Å². The van der Waals surface area contributed by atoms with Crippen LogP contribution in [-0.4, -0.2) is 40.9 Å². The number of benzene rings is 2. The summed E-state index contributed by atoms with van der Waals surface area (Å²) in [6.45, 7) is 2.69. The molecule has 0 aliphatic carbocycles. The number of amides is 1. The Morgan fingerprint density at radius 1 is 0.880 bits per heavy atom. The average Bonchev–Trinajstić information content (AvgIpc) is 2.96. The van der Waals surface area contributed by atoms with E-state index < -0.39 is 0 Å². The molecule has 0 aromatic heterocycles. The molecule has 2 atom stereocenters. The minimum absolute atomic E-state index is 0.0932. The van der Waals surface area contributed by atoms with E-state index in [4.69, 9.17) is 0 Å². The molecule has 130 valence electrons. The summed E-state index contributed by atoms with van der Waals surface area (Å²) in [6.07, 6.45) is 4.27. The van der Waals surface area contributed by atoms with Crippen molar-refractivity contribution in [1.82, 2.24) is 9.80 Å². The molecule has 0 N–H and O–H groups in total. The van der Waals surface area contributed by atoms with Gasteiger partial charge < -0.3 is 4.90 Å². The van der Waals surface area contributed by atoms with E-state index in [0.29, 0.717) is 11.9 Å². The number of carbonyl (C=O) groups is 1. The van der Waals surface area contributed by atoms with Crippen LogP contribution >= 0.6 is 0 Å². The Balaban J connectivity index is 1.34. The highest BCUT2D eigenvalue weighted by Crippen LogP contribution is 2.32. The van der Waals surface area contributed by atoms with E-state index in [1.807, 2.05) is 6.07 Å². The summed E-state index contributed by atoms with van der Waals surface area (Å²) >= 11 is 0. The molecule has 2 heterocycles. The van der Waals surface area contributed by atoms with Gasteiger partial charge >= 0.3 is 0 Å². The van der Waals surface area contributed by atoms with E-state index in [-0.39, 0.29) is 6.04 Å². The van der Waals surface area contributed by atoms with Gasteiger partial charge in [0.1, 0.15) is 0 Å². The normalized spacial score (nSPS) is 23.2. The third kappa shape index (κ3) is 3.62. The highest BCUT2D eigenvalue weighted by molar-refractivity contribution is 5.83. The van der Waals surface area contributed by atoms with E-state index in [9.17, 15) is 4.79 Å². The second kappa shape index (κ2) is 7.40. The van der Waals surface area contributed by atoms with Gasteiger partial charge in [-0.2, -0.15) is 0 Å². The molecule has 2 aromatic rings. The highest BCUT2D eigenvalue weighted by Gasteiger charge is 2.44. The summed E-state index contributed by atoms with van der Waals surface area (Å²) in [5.74, 6) is 0.345. The first-order valence-electron chi connectivity index (χ1n) is 9.43. The van der Waals surface area contributed by atoms with Gasteiger partial charge in [0.2, 0.25) is 5.91 Å². The maximum atomic E-state index is 12.9. The summed E-state index contributed by atoms with van der Waals surface area (Å²) in [6, 6.07) is 21.7. The number of nitrogens with zero attached hydrogens (tertiary/aromatic N) is 2. The molecule has 25 heavy (non-hydrogen) atoms. The Labute approximate surface area is 150 Å². The first kappa shape index (κ1) is 16.3. The predicted molar refractivity (Wildman–Crippen MR) is 100 cm³/mol. The predicted octanol–water partition coefficient (Wildman–Crippen LogP) is 3.49. The summed E-state index contributed by atoms with van der Waals surface area (Å²) in [5.41, 5.74) is 2.67. The average molecular weight is 334 g/mol. The van der Waals surface area contributed by atoms with Crippen LogP contribution in [0.1, 0.15) is 30.4 Å². The summed E-state index contributed by atoms with van der Waals surface area (Å²) < 4.78 is 0. The molecule has 0 unspecified atom stereocenters. The van der Waals surface area contributed by atoms with Crippen LogP contribution in [0.4, 0.5) is 0 Å².